The molecule has 0 unspecified atom stereocenters. The molecule has 2 heterocycles. The van der Waals surface area contributed by atoms with Crippen molar-refractivity contribution in [3.63, 3.8) is 0 Å². The smallest absolute Gasteiger partial charge is 0.355 e. The number of anilines is 2. The summed E-state index contributed by atoms with van der Waals surface area (Å²) in [6, 6.07) is 11.4. The zero-order valence-electron chi connectivity index (χ0n) is 17.0. The van der Waals surface area contributed by atoms with Crippen LogP contribution in [-0.2, 0) is 4.79 Å². The lowest BCUT2D eigenvalue weighted by Gasteiger charge is -2.24. The Morgan fingerprint density at radius 2 is 1.94 bits per heavy atom. The predicted octanol–water partition coefficient (Wildman–Crippen LogP) is 3.03. The maximum absolute atomic E-state index is 13.0. The minimum atomic E-state index is -0.774. The van der Waals surface area contributed by atoms with Crippen LogP contribution in [0.15, 0.2) is 50.2 Å². The van der Waals surface area contributed by atoms with Crippen molar-refractivity contribution in [2.75, 3.05) is 10.6 Å². The largest absolute Gasteiger partial charge is 0.439 e. The van der Waals surface area contributed by atoms with Crippen LogP contribution in [-0.4, -0.2) is 27.1 Å². The minimum Gasteiger partial charge on any atom is -0.355 e. The van der Waals surface area contributed by atoms with Gasteiger partial charge < -0.3 is 15.2 Å². The van der Waals surface area contributed by atoms with Gasteiger partial charge in [0, 0.05) is 17.2 Å². The fourth-order valence-corrected chi connectivity index (χ4v) is 3.54. The van der Waals surface area contributed by atoms with E-state index in [0.29, 0.717) is 22.2 Å². The highest BCUT2D eigenvalue weighted by molar-refractivity contribution is 6.12. The molecule has 0 atom stereocenters. The molecule has 0 saturated heterocycles. The number of amides is 2. The van der Waals surface area contributed by atoms with Crippen molar-refractivity contribution >= 4 is 34.2 Å². The second kappa shape index (κ2) is 8.08. The topological polar surface area (TPSA) is 167 Å². The molecule has 5 rings (SSSR count). The monoisotopic (exact) mass is 444 g/mol. The van der Waals surface area contributed by atoms with Gasteiger partial charge in [-0.1, -0.05) is 16.7 Å². The Balaban J connectivity index is 1.45. The number of fused-ring (bicyclic) bond motifs is 1. The first kappa shape index (κ1) is 20.2. The van der Waals surface area contributed by atoms with Crippen LogP contribution in [0, 0.1) is 17.2 Å². The highest BCUT2D eigenvalue weighted by Gasteiger charge is 2.26. The third kappa shape index (κ3) is 3.85. The summed E-state index contributed by atoms with van der Waals surface area (Å²) in [4.78, 5) is 39.1. The van der Waals surface area contributed by atoms with E-state index in [2.05, 4.69) is 30.5 Å². The lowest BCUT2D eigenvalue weighted by molar-refractivity contribution is -0.122. The van der Waals surface area contributed by atoms with Gasteiger partial charge in [0.2, 0.25) is 5.91 Å². The number of carbonyl (C=O) groups is 2. The van der Waals surface area contributed by atoms with E-state index in [9.17, 15) is 19.6 Å². The third-order valence-corrected chi connectivity index (χ3v) is 5.52. The molecular weight excluding hydrogens is 428 g/mol. The predicted molar refractivity (Wildman–Crippen MR) is 115 cm³/mol. The van der Waals surface area contributed by atoms with Gasteiger partial charge in [-0.25, -0.2) is 4.79 Å². The molecular formula is C22H16N6O5. The van der Waals surface area contributed by atoms with Crippen LogP contribution in [0.5, 0.6) is 0 Å². The zero-order valence-corrected chi connectivity index (χ0v) is 17.0. The molecule has 1 aliphatic carbocycles. The van der Waals surface area contributed by atoms with Gasteiger partial charge in [0.05, 0.1) is 22.7 Å². The first-order chi connectivity index (χ1) is 16.0. The second-order valence-corrected chi connectivity index (χ2v) is 7.63. The number of benzene rings is 2. The molecule has 0 radical (unpaired) electrons. The standard InChI is InChI=1S/C22H16N6O5/c23-10-11-4-6-16(14(8-11)19-26-22(31)33-28-19)25-21(30)18-15-9-13(5-7-17(15)32-27-18)24-20(29)12-2-1-3-12/h4-9,12H,1-3H2,(H,24,29)(H,25,30)(H,26,28,31). The highest BCUT2D eigenvalue weighted by Crippen LogP contribution is 2.30. The second-order valence-electron chi connectivity index (χ2n) is 7.63. The molecule has 3 N–H and O–H groups in total. The van der Waals surface area contributed by atoms with E-state index in [-0.39, 0.29) is 34.6 Å². The van der Waals surface area contributed by atoms with Crippen molar-refractivity contribution < 1.29 is 18.6 Å². The van der Waals surface area contributed by atoms with Crippen molar-refractivity contribution in [1.29, 1.82) is 5.26 Å². The summed E-state index contributed by atoms with van der Waals surface area (Å²) in [6.45, 7) is 0. The van der Waals surface area contributed by atoms with Crippen molar-refractivity contribution in [2.45, 2.75) is 19.3 Å². The third-order valence-electron chi connectivity index (χ3n) is 5.52. The van der Waals surface area contributed by atoms with Crippen LogP contribution in [0.4, 0.5) is 11.4 Å². The van der Waals surface area contributed by atoms with Crippen LogP contribution in [0.25, 0.3) is 22.4 Å². The van der Waals surface area contributed by atoms with Gasteiger partial charge in [-0.15, -0.1) is 0 Å². The van der Waals surface area contributed by atoms with E-state index in [4.69, 9.17) is 4.52 Å². The van der Waals surface area contributed by atoms with Gasteiger partial charge in [-0.05, 0) is 49.2 Å². The molecule has 11 heteroatoms. The summed E-state index contributed by atoms with van der Waals surface area (Å²) in [5, 5.41) is 22.7. The molecule has 0 bridgehead atoms. The van der Waals surface area contributed by atoms with Crippen molar-refractivity contribution in [2.24, 2.45) is 5.92 Å². The number of carbonyl (C=O) groups excluding carboxylic acids is 2. The van der Waals surface area contributed by atoms with E-state index < -0.39 is 11.7 Å². The SMILES string of the molecule is N#Cc1ccc(NC(=O)c2noc3ccc(NC(=O)C4CCC4)cc23)c(-c2noc(=O)[nH]2)c1. The minimum absolute atomic E-state index is 0.00805. The number of H-pyrrole nitrogens is 1. The summed E-state index contributed by atoms with van der Waals surface area (Å²) in [5.41, 5.74) is 1.78. The Kier molecular flexibility index (Phi) is 4.95. The summed E-state index contributed by atoms with van der Waals surface area (Å²) >= 11 is 0. The molecule has 164 valence electrons. The lowest BCUT2D eigenvalue weighted by Crippen LogP contribution is -2.27. The molecule has 1 saturated carbocycles. The van der Waals surface area contributed by atoms with Gasteiger partial charge in [0.15, 0.2) is 17.1 Å². The van der Waals surface area contributed by atoms with Crippen LogP contribution in [0.3, 0.4) is 0 Å². The van der Waals surface area contributed by atoms with Gasteiger partial charge in [0.1, 0.15) is 0 Å². The highest BCUT2D eigenvalue weighted by atomic mass is 16.5. The van der Waals surface area contributed by atoms with Gasteiger partial charge >= 0.3 is 5.76 Å². The van der Waals surface area contributed by atoms with Crippen molar-refractivity contribution in [3.05, 3.63) is 58.2 Å². The summed E-state index contributed by atoms with van der Waals surface area (Å²) < 4.78 is 9.80. The van der Waals surface area contributed by atoms with E-state index in [1.165, 1.54) is 18.2 Å². The lowest BCUT2D eigenvalue weighted by atomic mass is 9.85. The van der Waals surface area contributed by atoms with E-state index in [1.54, 1.807) is 18.2 Å². The fraction of sp³-hybridized carbons (Fsp3) is 0.182. The molecule has 2 aromatic carbocycles. The Labute approximate surface area is 185 Å². The normalized spacial score (nSPS) is 13.3. The molecule has 1 aliphatic rings. The average molecular weight is 444 g/mol. The summed E-state index contributed by atoms with van der Waals surface area (Å²) in [6.07, 6.45) is 2.80. The molecule has 4 aromatic rings. The number of nitriles is 1. The number of nitrogens with one attached hydrogen (secondary N) is 3. The first-order valence-corrected chi connectivity index (χ1v) is 10.1. The van der Waals surface area contributed by atoms with E-state index in [1.807, 2.05) is 6.07 Å². The van der Waals surface area contributed by atoms with Crippen LogP contribution < -0.4 is 16.4 Å². The Bertz CT molecular complexity index is 1490. The Hall–Kier alpha value is -4.72. The first-order valence-electron chi connectivity index (χ1n) is 10.1. The van der Waals surface area contributed by atoms with Crippen LogP contribution >= 0.6 is 0 Å². The van der Waals surface area contributed by atoms with Crippen LogP contribution in [0.1, 0.15) is 35.3 Å². The zero-order chi connectivity index (χ0) is 22.9. The van der Waals surface area contributed by atoms with Crippen molar-refractivity contribution in [3.8, 4) is 17.5 Å². The van der Waals surface area contributed by atoms with Gasteiger partial charge in [-0.3, -0.25) is 19.1 Å². The molecule has 0 spiro atoms. The van der Waals surface area contributed by atoms with Gasteiger partial charge in [-0.2, -0.15) is 5.26 Å². The summed E-state index contributed by atoms with van der Waals surface area (Å²) in [5.74, 6) is -1.34. The quantitative estimate of drug-likeness (QED) is 0.422. The number of aromatic nitrogens is 3. The number of hydrogen-bond acceptors (Lipinski definition) is 8. The Morgan fingerprint density at radius 1 is 1.09 bits per heavy atom. The number of hydrogen-bond donors (Lipinski definition) is 3. The summed E-state index contributed by atoms with van der Waals surface area (Å²) in [7, 11) is 0. The molecule has 33 heavy (non-hydrogen) atoms. The van der Waals surface area contributed by atoms with Crippen LogP contribution in [0.2, 0.25) is 0 Å². The molecule has 2 aromatic heterocycles. The average Bonchev–Trinajstić information content (AvgIpc) is 3.38. The number of nitrogens with zero attached hydrogens (tertiary/aromatic N) is 3. The maximum Gasteiger partial charge on any atom is 0.439 e. The number of rotatable bonds is 5. The number of aromatic amines is 1. The maximum atomic E-state index is 13.0. The molecule has 0 aliphatic heterocycles. The Morgan fingerprint density at radius 3 is 2.64 bits per heavy atom. The molecule has 2 amide bonds. The molecule has 11 nitrogen and oxygen atoms in total. The van der Waals surface area contributed by atoms with E-state index in [0.717, 1.165) is 19.3 Å². The van der Waals surface area contributed by atoms with Gasteiger partial charge in [0.25, 0.3) is 5.91 Å². The van der Waals surface area contributed by atoms with E-state index >= 15 is 0 Å². The van der Waals surface area contributed by atoms with Crippen molar-refractivity contribution in [1.82, 2.24) is 15.3 Å². The fourth-order valence-electron chi connectivity index (χ4n) is 3.54. The molecule has 1 fully saturated rings.